The molecule has 0 radical (unpaired) electrons. The van der Waals surface area contributed by atoms with Crippen molar-refractivity contribution in [1.29, 1.82) is 0 Å². The summed E-state index contributed by atoms with van der Waals surface area (Å²) in [6, 6.07) is 16.8. The molecule has 1 nitrogen and oxygen atoms in total. The molecule has 2 unspecified atom stereocenters. The summed E-state index contributed by atoms with van der Waals surface area (Å²) in [5.74, 6) is 1.41. The molecule has 0 saturated heterocycles. The van der Waals surface area contributed by atoms with Crippen LogP contribution in [-0.2, 0) is 0 Å². The Morgan fingerprint density at radius 2 is 1.47 bits per heavy atom. The van der Waals surface area contributed by atoms with Gasteiger partial charge in [0.25, 0.3) is 0 Å². The van der Waals surface area contributed by atoms with Crippen molar-refractivity contribution in [3.8, 4) is 5.75 Å². The second kappa shape index (κ2) is 3.24. The van der Waals surface area contributed by atoms with E-state index in [9.17, 15) is 0 Å². The Hall–Kier alpha value is -2.02. The zero-order chi connectivity index (χ0) is 11.2. The summed E-state index contributed by atoms with van der Waals surface area (Å²) in [5.41, 5.74) is 1.31. The number of hydrogen-bond acceptors (Lipinski definition) is 1. The third-order valence-electron chi connectivity index (χ3n) is 3.59. The normalized spacial score (nSPS) is 23.5. The van der Waals surface area contributed by atoms with Gasteiger partial charge in [0.1, 0.15) is 11.9 Å². The van der Waals surface area contributed by atoms with Gasteiger partial charge in [0.05, 0.1) is 0 Å². The van der Waals surface area contributed by atoms with Crippen molar-refractivity contribution in [2.75, 3.05) is 0 Å². The lowest BCUT2D eigenvalue weighted by Gasteiger charge is -2.15. The highest BCUT2D eigenvalue weighted by Gasteiger charge is 2.32. The number of para-hydroxylation sites is 1. The fourth-order valence-corrected chi connectivity index (χ4v) is 2.77. The van der Waals surface area contributed by atoms with E-state index in [1.165, 1.54) is 16.0 Å². The molecule has 82 valence electrons. The molecule has 4 rings (SSSR count). The Labute approximate surface area is 99.7 Å². The minimum atomic E-state index is 0.169. The largest absolute Gasteiger partial charge is 0.485 e. The van der Waals surface area contributed by atoms with Crippen LogP contribution >= 0.6 is 0 Å². The standard InChI is InChI=1S/C16H12O/c1-2-6-12-10-16-14(9-11(12)5-1)13-7-3-4-8-15(13)17-16/h1-10,14,16H. The molecule has 1 heteroatoms. The monoisotopic (exact) mass is 220 g/mol. The minimum Gasteiger partial charge on any atom is -0.485 e. The minimum absolute atomic E-state index is 0.169. The van der Waals surface area contributed by atoms with Crippen LogP contribution in [-0.4, -0.2) is 6.10 Å². The quantitative estimate of drug-likeness (QED) is 0.658. The highest BCUT2D eigenvalue weighted by atomic mass is 16.5. The molecule has 17 heavy (non-hydrogen) atoms. The lowest BCUT2D eigenvalue weighted by atomic mass is 9.90. The van der Waals surface area contributed by atoms with E-state index in [-0.39, 0.29) is 6.10 Å². The van der Waals surface area contributed by atoms with E-state index in [0.717, 1.165) is 5.75 Å². The molecule has 1 aliphatic carbocycles. The average Bonchev–Trinajstić information content (AvgIpc) is 2.73. The molecule has 0 N–H and O–H groups in total. The van der Waals surface area contributed by atoms with E-state index in [2.05, 4.69) is 54.6 Å². The van der Waals surface area contributed by atoms with E-state index in [1.807, 2.05) is 6.07 Å². The fraction of sp³-hybridized carbons (Fsp3) is 0.125. The highest BCUT2D eigenvalue weighted by Crippen LogP contribution is 2.39. The second-order valence-electron chi connectivity index (χ2n) is 4.61. The van der Waals surface area contributed by atoms with Gasteiger partial charge in [-0.1, -0.05) is 48.5 Å². The molecule has 0 fully saturated rings. The SMILES string of the molecule is C1=c2ccccc2=CC2c3ccccc3OC12. The van der Waals surface area contributed by atoms with Crippen molar-refractivity contribution in [3.05, 3.63) is 64.5 Å². The first-order valence-corrected chi connectivity index (χ1v) is 5.96. The summed E-state index contributed by atoms with van der Waals surface area (Å²) in [5, 5.41) is 2.59. The van der Waals surface area contributed by atoms with E-state index in [4.69, 9.17) is 4.74 Å². The number of benzene rings is 2. The predicted octanol–water partition coefficient (Wildman–Crippen LogP) is 1.81. The molecule has 1 aliphatic heterocycles. The lowest BCUT2D eigenvalue weighted by molar-refractivity contribution is 0.288. The molecular weight excluding hydrogens is 208 g/mol. The van der Waals surface area contributed by atoms with Gasteiger partial charge in [-0.2, -0.15) is 0 Å². The molecule has 0 amide bonds. The van der Waals surface area contributed by atoms with Gasteiger partial charge < -0.3 is 4.74 Å². The zero-order valence-corrected chi connectivity index (χ0v) is 9.34. The molecule has 2 aromatic carbocycles. The van der Waals surface area contributed by atoms with Gasteiger partial charge in [-0.15, -0.1) is 0 Å². The summed E-state index contributed by atoms with van der Waals surface area (Å²) in [7, 11) is 0. The van der Waals surface area contributed by atoms with Crippen molar-refractivity contribution >= 4 is 12.2 Å². The smallest absolute Gasteiger partial charge is 0.128 e. The third-order valence-corrected chi connectivity index (χ3v) is 3.59. The van der Waals surface area contributed by atoms with Gasteiger partial charge in [0.15, 0.2) is 0 Å². The van der Waals surface area contributed by atoms with Crippen molar-refractivity contribution in [2.45, 2.75) is 12.0 Å². The summed E-state index contributed by atoms with van der Waals surface area (Å²) in [4.78, 5) is 0. The average molecular weight is 220 g/mol. The van der Waals surface area contributed by atoms with Crippen molar-refractivity contribution in [1.82, 2.24) is 0 Å². The van der Waals surface area contributed by atoms with Crippen LogP contribution in [0.1, 0.15) is 11.5 Å². The van der Waals surface area contributed by atoms with Crippen LogP contribution in [0.25, 0.3) is 12.2 Å². The summed E-state index contributed by atoms with van der Waals surface area (Å²) in [6.07, 6.45) is 4.73. The summed E-state index contributed by atoms with van der Waals surface area (Å²) < 4.78 is 5.98. The second-order valence-corrected chi connectivity index (χ2v) is 4.61. The number of rotatable bonds is 0. The van der Waals surface area contributed by atoms with Crippen molar-refractivity contribution in [3.63, 3.8) is 0 Å². The van der Waals surface area contributed by atoms with Gasteiger partial charge >= 0.3 is 0 Å². The molecule has 0 aromatic heterocycles. The summed E-state index contributed by atoms with van der Waals surface area (Å²) >= 11 is 0. The molecule has 0 bridgehead atoms. The Kier molecular flexibility index (Phi) is 1.72. The first kappa shape index (κ1) is 9.06. The number of ether oxygens (including phenoxy) is 1. The molecular formula is C16H12O. The van der Waals surface area contributed by atoms with Gasteiger partial charge in [-0.25, -0.2) is 0 Å². The fourth-order valence-electron chi connectivity index (χ4n) is 2.77. The maximum Gasteiger partial charge on any atom is 0.128 e. The van der Waals surface area contributed by atoms with Crippen LogP contribution in [0.2, 0.25) is 0 Å². The molecule has 2 aromatic rings. The van der Waals surface area contributed by atoms with Crippen LogP contribution in [0.5, 0.6) is 5.75 Å². The Morgan fingerprint density at radius 1 is 0.765 bits per heavy atom. The van der Waals surface area contributed by atoms with E-state index < -0.39 is 0 Å². The van der Waals surface area contributed by atoms with E-state index >= 15 is 0 Å². The van der Waals surface area contributed by atoms with Gasteiger partial charge in [0.2, 0.25) is 0 Å². The molecule has 0 spiro atoms. The molecule has 0 saturated carbocycles. The Bertz CT molecular complexity index is 699. The van der Waals surface area contributed by atoms with E-state index in [1.54, 1.807) is 0 Å². The maximum atomic E-state index is 5.98. The highest BCUT2D eigenvalue weighted by molar-refractivity contribution is 5.59. The van der Waals surface area contributed by atoms with E-state index in [0.29, 0.717) is 5.92 Å². The molecule has 2 aliphatic rings. The first-order chi connectivity index (χ1) is 8.42. The first-order valence-electron chi connectivity index (χ1n) is 5.96. The van der Waals surface area contributed by atoms with Gasteiger partial charge in [-0.05, 0) is 22.6 Å². The van der Waals surface area contributed by atoms with Crippen LogP contribution in [0.3, 0.4) is 0 Å². The van der Waals surface area contributed by atoms with Crippen LogP contribution in [0.4, 0.5) is 0 Å². The Morgan fingerprint density at radius 3 is 2.35 bits per heavy atom. The van der Waals surface area contributed by atoms with Gasteiger partial charge in [-0.3, -0.25) is 0 Å². The van der Waals surface area contributed by atoms with Crippen molar-refractivity contribution in [2.24, 2.45) is 0 Å². The Balaban J connectivity index is 1.97. The zero-order valence-electron chi connectivity index (χ0n) is 9.34. The van der Waals surface area contributed by atoms with Crippen LogP contribution < -0.4 is 15.2 Å². The molecule has 1 heterocycles. The predicted molar refractivity (Wildman–Crippen MR) is 68.2 cm³/mol. The number of fused-ring (bicyclic) bond motifs is 4. The van der Waals surface area contributed by atoms with Crippen molar-refractivity contribution < 1.29 is 4.74 Å². The van der Waals surface area contributed by atoms with Crippen LogP contribution in [0.15, 0.2) is 48.5 Å². The lowest BCUT2D eigenvalue weighted by Crippen LogP contribution is -2.33. The number of hydrogen-bond donors (Lipinski definition) is 0. The third kappa shape index (κ3) is 1.26. The van der Waals surface area contributed by atoms with Gasteiger partial charge in [0, 0.05) is 11.5 Å². The maximum absolute atomic E-state index is 5.98. The van der Waals surface area contributed by atoms with Crippen LogP contribution in [0, 0.1) is 0 Å². The topological polar surface area (TPSA) is 9.23 Å². The molecule has 2 atom stereocenters. The summed E-state index contributed by atoms with van der Waals surface area (Å²) in [6.45, 7) is 0.